The number of aryl methyl sites for hydroxylation is 2. The minimum atomic E-state index is -3.00. The highest BCUT2D eigenvalue weighted by molar-refractivity contribution is 7.11. The van der Waals surface area contributed by atoms with Gasteiger partial charge in [0, 0.05) is 16.5 Å². The number of hydrogen-bond acceptors (Lipinski definition) is 6. The van der Waals surface area contributed by atoms with E-state index in [2.05, 4.69) is 15.6 Å². The number of halogens is 2. The van der Waals surface area contributed by atoms with Gasteiger partial charge in [0.1, 0.15) is 28.7 Å². The first kappa shape index (κ1) is 19.8. The molecule has 9 heteroatoms. The first-order valence-electron chi connectivity index (χ1n) is 9.30. The largest absolute Gasteiger partial charge is 0.486 e. The maximum atomic E-state index is 14.1. The van der Waals surface area contributed by atoms with Gasteiger partial charge in [0.15, 0.2) is 0 Å². The molecule has 0 bridgehead atoms. The predicted octanol–water partition coefficient (Wildman–Crippen LogP) is 3.81. The molecular weight excluding hydrogens is 400 g/mol. The van der Waals surface area contributed by atoms with Crippen molar-refractivity contribution in [2.75, 3.05) is 13.1 Å². The Kier molecular flexibility index (Phi) is 5.26. The fourth-order valence-corrected chi connectivity index (χ4v) is 4.13. The topological polar surface area (TPSA) is 76.4 Å². The molecule has 1 aliphatic rings. The Hall–Kier alpha value is -2.52. The van der Waals surface area contributed by atoms with Gasteiger partial charge >= 0.3 is 0 Å². The van der Waals surface area contributed by atoms with E-state index >= 15 is 0 Å². The van der Waals surface area contributed by atoms with Gasteiger partial charge in [-0.3, -0.25) is 4.79 Å². The smallest absolute Gasteiger partial charge is 0.280 e. The zero-order chi connectivity index (χ0) is 20.6. The van der Waals surface area contributed by atoms with E-state index in [1.807, 2.05) is 6.92 Å². The molecule has 3 aromatic rings. The number of alkyl halides is 2. The van der Waals surface area contributed by atoms with Crippen LogP contribution < -0.4 is 15.4 Å². The minimum absolute atomic E-state index is 0.162. The number of hydrogen-bond donors (Lipinski definition) is 2. The molecule has 0 spiro atoms. The molecule has 1 aromatic carbocycles. The number of nitrogens with zero attached hydrogens (tertiary/aromatic N) is 1. The summed E-state index contributed by atoms with van der Waals surface area (Å²) in [6.45, 7) is 3.91. The molecule has 6 nitrogen and oxygen atoms in total. The van der Waals surface area contributed by atoms with Gasteiger partial charge in [-0.1, -0.05) is 0 Å². The number of piperidine rings is 1. The highest BCUT2D eigenvalue weighted by atomic mass is 32.1. The summed E-state index contributed by atoms with van der Waals surface area (Å²) in [6, 6.07) is 3.93. The molecule has 1 unspecified atom stereocenters. The SMILES string of the molecule is Cc1cnc(COc2ccc3oc(C)c(C(=O)NC4CCNCC4(F)F)c3c2)s1. The lowest BCUT2D eigenvalue weighted by Gasteiger charge is -2.32. The van der Waals surface area contributed by atoms with E-state index in [-0.39, 0.29) is 12.0 Å². The van der Waals surface area contributed by atoms with Crippen LogP contribution in [-0.2, 0) is 6.61 Å². The number of fused-ring (bicyclic) bond motifs is 1. The maximum absolute atomic E-state index is 14.1. The number of carbonyl (C=O) groups is 1. The second kappa shape index (κ2) is 7.72. The van der Waals surface area contributed by atoms with E-state index < -0.39 is 24.4 Å². The summed E-state index contributed by atoms with van der Waals surface area (Å²) in [6.07, 6.45) is 1.94. The fraction of sp³-hybridized carbons (Fsp3) is 0.400. The number of ether oxygens (including phenoxy) is 1. The lowest BCUT2D eigenvalue weighted by atomic mass is 10.0. The summed E-state index contributed by atoms with van der Waals surface area (Å²) < 4.78 is 39.6. The van der Waals surface area contributed by atoms with Crippen LogP contribution in [0.15, 0.2) is 28.8 Å². The minimum Gasteiger partial charge on any atom is -0.486 e. The van der Waals surface area contributed by atoms with Crippen LogP contribution >= 0.6 is 11.3 Å². The quantitative estimate of drug-likeness (QED) is 0.655. The van der Waals surface area contributed by atoms with Gasteiger partial charge < -0.3 is 19.8 Å². The van der Waals surface area contributed by atoms with Crippen molar-refractivity contribution in [1.29, 1.82) is 0 Å². The van der Waals surface area contributed by atoms with Crippen LogP contribution in [0.5, 0.6) is 5.75 Å². The third-order valence-electron chi connectivity index (χ3n) is 4.88. The Morgan fingerprint density at radius 3 is 3.00 bits per heavy atom. The van der Waals surface area contributed by atoms with Crippen molar-refractivity contribution in [3.8, 4) is 5.75 Å². The molecule has 154 valence electrons. The molecule has 1 atom stereocenters. The highest BCUT2D eigenvalue weighted by Gasteiger charge is 2.42. The Morgan fingerprint density at radius 2 is 2.28 bits per heavy atom. The second-order valence-electron chi connectivity index (χ2n) is 7.10. The van der Waals surface area contributed by atoms with E-state index in [0.717, 1.165) is 9.88 Å². The molecule has 2 aromatic heterocycles. The molecule has 29 heavy (non-hydrogen) atoms. The molecule has 4 rings (SSSR count). The van der Waals surface area contributed by atoms with Gasteiger partial charge in [-0.05, 0) is 45.0 Å². The third-order valence-corrected chi connectivity index (χ3v) is 5.77. The van der Waals surface area contributed by atoms with Gasteiger partial charge in [-0.25, -0.2) is 13.8 Å². The second-order valence-corrected chi connectivity index (χ2v) is 8.42. The predicted molar refractivity (Wildman–Crippen MR) is 106 cm³/mol. The normalized spacial score (nSPS) is 18.7. The first-order valence-corrected chi connectivity index (χ1v) is 10.1. The first-order chi connectivity index (χ1) is 13.8. The van der Waals surface area contributed by atoms with Crippen LogP contribution in [0, 0.1) is 13.8 Å². The molecule has 1 fully saturated rings. The molecule has 3 heterocycles. The summed E-state index contributed by atoms with van der Waals surface area (Å²) in [5.41, 5.74) is 0.757. The van der Waals surface area contributed by atoms with Gasteiger partial charge in [0.25, 0.3) is 11.8 Å². The van der Waals surface area contributed by atoms with Crippen molar-refractivity contribution in [3.05, 3.63) is 45.6 Å². The molecule has 0 aliphatic carbocycles. The molecule has 0 saturated carbocycles. The van der Waals surface area contributed by atoms with Crippen molar-refractivity contribution in [2.45, 2.75) is 38.8 Å². The maximum Gasteiger partial charge on any atom is 0.280 e. The average molecular weight is 421 g/mol. The number of carbonyl (C=O) groups excluding carboxylic acids is 1. The van der Waals surface area contributed by atoms with Crippen molar-refractivity contribution in [2.24, 2.45) is 0 Å². The number of amides is 1. The van der Waals surface area contributed by atoms with E-state index in [9.17, 15) is 13.6 Å². The van der Waals surface area contributed by atoms with Crippen molar-refractivity contribution in [1.82, 2.24) is 15.6 Å². The molecule has 1 amide bonds. The zero-order valence-electron chi connectivity index (χ0n) is 16.1. The Morgan fingerprint density at radius 1 is 1.45 bits per heavy atom. The van der Waals surface area contributed by atoms with Crippen molar-refractivity contribution >= 4 is 28.2 Å². The molecule has 0 radical (unpaired) electrons. The van der Waals surface area contributed by atoms with Gasteiger partial charge in [-0.15, -0.1) is 11.3 Å². The van der Waals surface area contributed by atoms with Crippen LogP contribution in [0.25, 0.3) is 11.0 Å². The Balaban J connectivity index is 1.56. The van der Waals surface area contributed by atoms with E-state index in [1.54, 1.807) is 42.7 Å². The summed E-state index contributed by atoms with van der Waals surface area (Å²) in [7, 11) is 0. The molecule has 1 aliphatic heterocycles. The number of furan rings is 1. The van der Waals surface area contributed by atoms with Gasteiger partial charge in [0.05, 0.1) is 18.2 Å². The van der Waals surface area contributed by atoms with E-state index in [1.165, 1.54) is 0 Å². The number of aromatic nitrogens is 1. The molecule has 2 N–H and O–H groups in total. The zero-order valence-corrected chi connectivity index (χ0v) is 16.9. The average Bonchev–Trinajstić information content (AvgIpc) is 3.23. The van der Waals surface area contributed by atoms with E-state index in [4.69, 9.17) is 9.15 Å². The summed E-state index contributed by atoms with van der Waals surface area (Å²) in [5.74, 6) is -2.64. The Labute approximate surface area is 170 Å². The van der Waals surface area contributed by atoms with Crippen LogP contribution in [-0.4, -0.2) is 35.9 Å². The van der Waals surface area contributed by atoms with Gasteiger partial charge in [-0.2, -0.15) is 0 Å². The third kappa shape index (κ3) is 4.11. The van der Waals surface area contributed by atoms with Crippen LogP contribution in [0.3, 0.4) is 0 Å². The van der Waals surface area contributed by atoms with Crippen molar-refractivity contribution in [3.63, 3.8) is 0 Å². The number of rotatable bonds is 5. The number of benzene rings is 1. The highest BCUT2D eigenvalue weighted by Crippen LogP contribution is 2.31. The van der Waals surface area contributed by atoms with Crippen LogP contribution in [0.4, 0.5) is 8.78 Å². The lowest BCUT2D eigenvalue weighted by Crippen LogP contribution is -2.57. The summed E-state index contributed by atoms with van der Waals surface area (Å²) in [4.78, 5) is 18.2. The van der Waals surface area contributed by atoms with Crippen LogP contribution in [0.2, 0.25) is 0 Å². The lowest BCUT2D eigenvalue weighted by molar-refractivity contribution is -0.0487. The standard InChI is InChI=1S/C20H21F2N3O3S/c1-11-8-24-17(29-11)9-27-13-3-4-15-14(7-13)18(12(2)28-15)19(26)25-16-5-6-23-10-20(16,21)22/h3-4,7-8,16,23H,5-6,9-10H2,1-2H3,(H,25,26). The van der Waals surface area contributed by atoms with E-state index in [0.29, 0.717) is 35.6 Å². The molecule has 1 saturated heterocycles. The monoisotopic (exact) mass is 421 g/mol. The number of nitrogens with one attached hydrogen (secondary N) is 2. The van der Waals surface area contributed by atoms with Crippen molar-refractivity contribution < 1.29 is 22.7 Å². The molecular formula is C20H21F2N3O3S. The number of thiazole rings is 1. The Bertz CT molecular complexity index is 1050. The fourth-order valence-electron chi connectivity index (χ4n) is 3.43. The summed E-state index contributed by atoms with van der Waals surface area (Å²) >= 11 is 1.55. The summed E-state index contributed by atoms with van der Waals surface area (Å²) in [5, 5.41) is 6.51. The van der Waals surface area contributed by atoms with Crippen LogP contribution in [0.1, 0.15) is 32.4 Å². The van der Waals surface area contributed by atoms with Gasteiger partial charge in [0.2, 0.25) is 0 Å².